The van der Waals surface area contributed by atoms with E-state index in [0.29, 0.717) is 29.3 Å². The molecule has 1 heterocycles. The van der Waals surface area contributed by atoms with Gasteiger partial charge >= 0.3 is 0 Å². The first-order valence-electron chi connectivity index (χ1n) is 6.04. The molecule has 1 saturated heterocycles. The summed E-state index contributed by atoms with van der Waals surface area (Å²) in [5, 5.41) is 5.86. The molecule has 19 heavy (non-hydrogen) atoms. The Morgan fingerprint density at radius 3 is 3.00 bits per heavy atom. The Kier molecular flexibility index (Phi) is 4.27. The van der Waals surface area contributed by atoms with Crippen LogP contribution in [0.25, 0.3) is 0 Å². The molecule has 1 aromatic rings. The van der Waals surface area contributed by atoms with Gasteiger partial charge in [0.15, 0.2) is 0 Å². The number of halogens is 1. The molecule has 1 aromatic carbocycles. The predicted octanol–water partition coefficient (Wildman–Crippen LogP) is 1.36. The molecule has 2 amide bonds. The number of carbonyl (C=O) groups excluding carboxylic acids is 2. The van der Waals surface area contributed by atoms with Crippen LogP contribution >= 0.6 is 11.6 Å². The molecule has 0 aliphatic carbocycles. The minimum absolute atomic E-state index is 0.152. The molecule has 0 spiro atoms. The molecule has 1 atom stereocenters. The fourth-order valence-corrected chi connectivity index (χ4v) is 2.18. The van der Waals surface area contributed by atoms with E-state index >= 15 is 0 Å². The molecule has 6 heteroatoms. The third-order valence-corrected chi connectivity index (χ3v) is 3.23. The molecule has 2 rings (SSSR count). The fraction of sp³-hybridized carbons (Fsp3) is 0.385. The number of rotatable bonds is 3. The number of carbonyl (C=O) groups is 2. The Bertz CT molecular complexity index is 505. The van der Waals surface area contributed by atoms with E-state index < -0.39 is 6.04 Å². The highest BCUT2D eigenvalue weighted by Gasteiger charge is 2.25. The molecular weight excluding hydrogens is 268 g/mol. The minimum Gasteiger partial charge on any atom is -0.496 e. The van der Waals surface area contributed by atoms with Gasteiger partial charge in [0.1, 0.15) is 11.8 Å². The van der Waals surface area contributed by atoms with E-state index in [0.717, 1.165) is 6.42 Å². The van der Waals surface area contributed by atoms with Crippen LogP contribution in [0, 0.1) is 0 Å². The van der Waals surface area contributed by atoms with Crippen LogP contribution in [0.5, 0.6) is 5.75 Å². The molecule has 2 N–H and O–H groups in total. The van der Waals surface area contributed by atoms with E-state index in [9.17, 15) is 9.59 Å². The molecule has 5 nitrogen and oxygen atoms in total. The van der Waals surface area contributed by atoms with Gasteiger partial charge in [-0.2, -0.15) is 0 Å². The Labute approximate surface area is 116 Å². The number of hydrogen-bond acceptors (Lipinski definition) is 3. The summed E-state index contributed by atoms with van der Waals surface area (Å²) in [6.45, 7) is 0.658. The largest absolute Gasteiger partial charge is 0.496 e. The molecule has 0 saturated carbocycles. The van der Waals surface area contributed by atoms with Crippen LogP contribution in [-0.4, -0.2) is 31.5 Å². The second kappa shape index (κ2) is 5.93. The number of piperidine rings is 1. The smallest absolute Gasteiger partial charge is 0.255 e. The maximum Gasteiger partial charge on any atom is 0.255 e. The Balaban J connectivity index is 2.15. The monoisotopic (exact) mass is 282 g/mol. The van der Waals surface area contributed by atoms with Crippen LogP contribution in [-0.2, 0) is 4.79 Å². The number of hydrogen-bond donors (Lipinski definition) is 2. The second-order valence-corrected chi connectivity index (χ2v) is 4.74. The quantitative estimate of drug-likeness (QED) is 0.879. The molecule has 1 aliphatic heterocycles. The first-order valence-corrected chi connectivity index (χ1v) is 6.41. The highest BCUT2D eigenvalue weighted by atomic mass is 35.5. The van der Waals surface area contributed by atoms with Gasteiger partial charge in [-0.1, -0.05) is 11.6 Å². The summed E-state index contributed by atoms with van der Waals surface area (Å²) in [5.41, 5.74) is 0.327. The number of benzene rings is 1. The lowest BCUT2D eigenvalue weighted by atomic mass is 10.1. The van der Waals surface area contributed by atoms with Crippen molar-refractivity contribution in [1.29, 1.82) is 0 Å². The van der Waals surface area contributed by atoms with Gasteiger partial charge < -0.3 is 15.4 Å². The standard InChI is InChI=1S/C13H15ClN2O3/c1-19-11-5-4-8(14)7-9(11)12(17)16-10-3-2-6-15-13(10)18/h4-5,7,10H,2-3,6H2,1H3,(H,15,18)(H,16,17)/t10-/m1/s1. The van der Waals surface area contributed by atoms with Crippen LogP contribution in [0.3, 0.4) is 0 Å². The summed E-state index contributed by atoms with van der Waals surface area (Å²) in [6, 6.07) is 4.30. The number of methoxy groups -OCH3 is 1. The molecule has 0 radical (unpaired) electrons. The molecule has 1 fully saturated rings. The summed E-state index contributed by atoms with van der Waals surface area (Å²) in [7, 11) is 1.48. The van der Waals surface area contributed by atoms with Crippen LogP contribution in [0.4, 0.5) is 0 Å². The number of nitrogens with one attached hydrogen (secondary N) is 2. The first-order chi connectivity index (χ1) is 9.11. The Morgan fingerprint density at radius 1 is 1.53 bits per heavy atom. The van der Waals surface area contributed by atoms with E-state index in [1.165, 1.54) is 13.2 Å². The summed E-state index contributed by atoms with van der Waals surface area (Å²) in [5.74, 6) is -0.0832. The Morgan fingerprint density at radius 2 is 2.32 bits per heavy atom. The molecule has 0 unspecified atom stereocenters. The van der Waals surface area contributed by atoms with Gasteiger partial charge in [-0.3, -0.25) is 9.59 Å². The molecule has 1 aliphatic rings. The van der Waals surface area contributed by atoms with Gasteiger partial charge in [0.25, 0.3) is 5.91 Å². The zero-order chi connectivity index (χ0) is 13.8. The Hall–Kier alpha value is -1.75. The van der Waals surface area contributed by atoms with Crippen molar-refractivity contribution >= 4 is 23.4 Å². The summed E-state index contributed by atoms with van der Waals surface area (Å²) < 4.78 is 5.12. The van der Waals surface area contributed by atoms with Crippen LogP contribution in [0.2, 0.25) is 5.02 Å². The van der Waals surface area contributed by atoms with Gasteiger partial charge in [0.2, 0.25) is 5.91 Å². The lowest BCUT2D eigenvalue weighted by Gasteiger charge is -2.23. The van der Waals surface area contributed by atoms with Crippen molar-refractivity contribution in [2.75, 3.05) is 13.7 Å². The SMILES string of the molecule is COc1ccc(Cl)cc1C(=O)N[C@@H]1CCCNC1=O. The maximum atomic E-state index is 12.2. The molecule has 102 valence electrons. The average Bonchev–Trinajstić information content (AvgIpc) is 2.41. The molecule has 0 aromatic heterocycles. The summed E-state index contributed by atoms with van der Waals surface area (Å²) in [6.07, 6.45) is 1.49. The molecular formula is C13H15ClN2O3. The van der Waals surface area contributed by atoms with Crippen molar-refractivity contribution in [3.8, 4) is 5.75 Å². The highest BCUT2D eigenvalue weighted by molar-refractivity contribution is 6.31. The van der Waals surface area contributed by atoms with Crippen LogP contribution < -0.4 is 15.4 Å². The van der Waals surface area contributed by atoms with Crippen molar-refractivity contribution < 1.29 is 14.3 Å². The van der Waals surface area contributed by atoms with Gasteiger partial charge in [-0.15, -0.1) is 0 Å². The van der Waals surface area contributed by atoms with Crippen molar-refractivity contribution in [1.82, 2.24) is 10.6 Å². The normalized spacial score (nSPS) is 18.6. The zero-order valence-corrected chi connectivity index (χ0v) is 11.3. The van der Waals surface area contributed by atoms with Crippen molar-refractivity contribution in [2.24, 2.45) is 0 Å². The predicted molar refractivity (Wildman–Crippen MR) is 71.5 cm³/mol. The van der Waals surface area contributed by atoms with E-state index in [4.69, 9.17) is 16.3 Å². The lowest BCUT2D eigenvalue weighted by molar-refractivity contribution is -0.124. The van der Waals surface area contributed by atoms with Crippen molar-refractivity contribution in [3.63, 3.8) is 0 Å². The lowest BCUT2D eigenvalue weighted by Crippen LogP contribution is -2.50. The van der Waals surface area contributed by atoms with Gasteiger partial charge in [-0.25, -0.2) is 0 Å². The van der Waals surface area contributed by atoms with E-state index in [-0.39, 0.29) is 11.8 Å². The van der Waals surface area contributed by atoms with Crippen LogP contribution in [0.1, 0.15) is 23.2 Å². The van der Waals surface area contributed by atoms with E-state index in [1.807, 2.05) is 0 Å². The zero-order valence-electron chi connectivity index (χ0n) is 10.5. The highest BCUT2D eigenvalue weighted by Crippen LogP contribution is 2.22. The fourth-order valence-electron chi connectivity index (χ4n) is 2.00. The van der Waals surface area contributed by atoms with Crippen LogP contribution in [0.15, 0.2) is 18.2 Å². The first kappa shape index (κ1) is 13.7. The summed E-state index contributed by atoms with van der Waals surface area (Å²) >= 11 is 5.87. The van der Waals surface area contributed by atoms with Gasteiger partial charge in [0, 0.05) is 11.6 Å². The van der Waals surface area contributed by atoms with E-state index in [2.05, 4.69) is 10.6 Å². The summed E-state index contributed by atoms with van der Waals surface area (Å²) in [4.78, 5) is 23.8. The topological polar surface area (TPSA) is 67.4 Å². The second-order valence-electron chi connectivity index (χ2n) is 4.30. The maximum absolute atomic E-state index is 12.2. The number of ether oxygens (including phenoxy) is 1. The third-order valence-electron chi connectivity index (χ3n) is 3.00. The van der Waals surface area contributed by atoms with E-state index in [1.54, 1.807) is 12.1 Å². The van der Waals surface area contributed by atoms with Crippen molar-refractivity contribution in [3.05, 3.63) is 28.8 Å². The van der Waals surface area contributed by atoms with Gasteiger partial charge in [0.05, 0.1) is 12.7 Å². The van der Waals surface area contributed by atoms with Crippen molar-refractivity contribution in [2.45, 2.75) is 18.9 Å². The number of amides is 2. The average molecular weight is 283 g/mol. The molecule has 0 bridgehead atoms. The van der Waals surface area contributed by atoms with Gasteiger partial charge in [-0.05, 0) is 31.0 Å². The minimum atomic E-state index is -0.495. The third kappa shape index (κ3) is 3.17.